The number of carbonyl (C=O) groups is 1. The van der Waals surface area contributed by atoms with Gasteiger partial charge in [0.1, 0.15) is 0 Å². The molecular formula is C27H39N3O2. The molecule has 0 aromatic heterocycles. The molecule has 174 valence electrons. The SMILES string of the molecule is CCCCCOCCCCN1CCC(NC(=O)Nc2ccccc2-c2ccccc2)CC1. The van der Waals surface area contributed by atoms with Crippen LogP contribution < -0.4 is 10.6 Å². The Balaban J connectivity index is 1.33. The fourth-order valence-electron chi connectivity index (χ4n) is 4.20. The van der Waals surface area contributed by atoms with Gasteiger partial charge in [0.2, 0.25) is 0 Å². The maximum atomic E-state index is 12.6. The number of hydrogen-bond donors (Lipinski definition) is 2. The summed E-state index contributed by atoms with van der Waals surface area (Å²) in [6.07, 6.45) is 8.01. The highest BCUT2D eigenvalue weighted by molar-refractivity contribution is 5.94. The van der Waals surface area contributed by atoms with Gasteiger partial charge in [0.15, 0.2) is 0 Å². The molecule has 0 radical (unpaired) electrons. The summed E-state index contributed by atoms with van der Waals surface area (Å²) in [5.74, 6) is 0. The van der Waals surface area contributed by atoms with Crippen molar-refractivity contribution in [2.75, 3.05) is 38.2 Å². The van der Waals surface area contributed by atoms with Crippen LogP contribution in [0.4, 0.5) is 10.5 Å². The van der Waals surface area contributed by atoms with Gasteiger partial charge in [-0.2, -0.15) is 0 Å². The van der Waals surface area contributed by atoms with Crippen LogP contribution in [0.25, 0.3) is 11.1 Å². The number of nitrogens with zero attached hydrogens (tertiary/aromatic N) is 1. The number of piperidine rings is 1. The number of nitrogens with one attached hydrogen (secondary N) is 2. The van der Waals surface area contributed by atoms with Gasteiger partial charge < -0.3 is 20.3 Å². The van der Waals surface area contributed by atoms with Crippen molar-refractivity contribution in [1.29, 1.82) is 0 Å². The lowest BCUT2D eigenvalue weighted by atomic mass is 10.0. The number of unbranched alkanes of at least 4 members (excludes halogenated alkanes) is 3. The third-order valence-electron chi connectivity index (χ3n) is 6.09. The fourth-order valence-corrected chi connectivity index (χ4v) is 4.20. The number of ether oxygens (including phenoxy) is 1. The second-order valence-electron chi connectivity index (χ2n) is 8.65. The molecule has 2 N–H and O–H groups in total. The Kier molecular flexibility index (Phi) is 10.6. The molecular weight excluding hydrogens is 398 g/mol. The third-order valence-corrected chi connectivity index (χ3v) is 6.09. The molecule has 0 bridgehead atoms. The molecule has 1 aliphatic rings. The highest BCUT2D eigenvalue weighted by atomic mass is 16.5. The van der Waals surface area contributed by atoms with E-state index in [-0.39, 0.29) is 12.1 Å². The van der Waals surface area contributed by atoms with Gasteiger partial charge in [-0.25, -0.2) is 4.79 Å². The lowest BCUT2D eigenvalue weighted by Crippen LogP contribution is -2.46. The molecule has 3 rings (SSSR count). The van der Waals surface area contributed by atoms with E-state index in [9.17, 15) is 4.79 Å². The zero-order valence-corrected chi connectivity index (χ0v) is 19.5. The molecule has 1 saturated heterocycles. The number of amides is 2. The number of hydrogen-bond acceptors (Lipinski definition) is 3. The monoisotopic (exact) mass is 437 g/mol. The van der Waals surface area contributed by atoms with Gasteiger partial charge in [-0.15, -0.1) is 0 Å². The molecule has 2 amide bonds. The van der Waals surface area contributed by atoms with Gasteiger partial charge in [0.05, 0.1) is 5.69 Å². The lowest BCUT2D eigenvalue weighted by Gasteiger charge is -2.32. The number of anilines is 1. The topological polar surface area (TPSA) is 53.6 Å². The van der Waals surface area contributed by atoms with Crippen LogP contribution in [0.3, 0.4) is 0 Å². The highest BCUT2D eigenvalue weighted by Crippen LogP contribution is 2.27. The van der Waals surface area contributed by atoms with Gasteiger partial charge in [0.25, 0.3) is 0 Å². The first-order chi connectivity index (χ1) is 15.8. The predicted molar refractivity (Wildman–Crippen MR) is 133 cm³/mol. The van der Waals surface area contributed by atoms with Crippen LogP contribution in [0.2, 0.25) is 0 Å². The molecule has 0 saturated carbocycles. The summed E-state index contributed by atoms with van der Waals surface area (Å²) >= 11 is 0. The summed E-state index contributed by atoms with van der Waals surface area (Å²) in [4.78, 5) is 15.1. The minimum Gasteiger partial charge on any atom is -0.381 e. The lowest BCUT2D eigenvalue weighted by molar-refractivity contribution is 0.121. The van der Waals surface area contributed by atoms with Gasteiger partial charge in [0, 0.05) is 37.9 Å². The van der Waals surface area contributed by atoms with E-state index >= 15 is 0 Å². The van der Waals surface area contributed by atoms with E-state index in [2.05, 4.69) is 34.6 Å². The Morgan fingerprint density at radius 2 is 1.62 bits per heavy atom. The summed E-state index contributed by atoms with van der Waals surface area (Å²) in [5.41, 5.74) is 2.97. The van der Waals surface area contributed by atoms with Crippen molar-refractivity contribution in [3.8, 4) is 11.1 Å². The first-order valence-corrected chi connectivity index (χ1v) is 12.3. The van der Waals surface area contributed by atoms with E-state index in [1.54, 1.807) is 0 Å². The van der Waals surface area contributed by atoms with Crippen LogP contribution >= 0.6 is 0 Å². The van der Waals surface area contributed by atoms with Gasteiger partial charge in [-0.05, 0) is 50.3 Å². The summed E-state index contributed by atoms with van der Waals surface area (Å²) in [5, 5.41) is 6.23. The number of carbonyl (C=O) groups excluding carboxylic acids is 1. The van der Waals surface area contributed by atoms with E-state index < -0.39 is 0 Å². The second-order valence-corrected chi connectivity index (χ2v) is 8.65. The summed E-state index contributed by atoms with van der Waals surface area (Å²) in [6.45, 7) is 7.22. The average molecular weight is 438 g/mol. The molecule has 0 aliphatic carbocycles. The maximum Gasteiger partial charge on any atom is 0.319 e. The van der Waals surface area contributed by atoms with E-state index in [1.807, 2.05) is 42.5 Å². The Labute approximate surface area is 193 Å². The molecule has 0 spiro atoms. The zero-order valence-electron chi connectivity index (χ0n) is 19.5. The van der Waals surface area contributed by atoms with Gasteiger partial charge in [-0.1, -0.05) is 68.3 Å². The van der Waals surface area contributed by atoms with Crippen molar-refractivity contribution in [1.82, 2.24) is 10.2 Å². The Hall–Kier alpha value is -2.37. The van der Waals surface area contributed by atoms with Crippen LogP contribution in [0.1, 0.15) is 51.9 Å². The third kappa shape index (κ3) is 8.29. The fraction of sp³-hybridized carbons (Fsp3) is 0.519. The smallest absolute Gasteiger partial charge is 0.319 e. The number of benzene rings is 2. The largest absolute Gasteiger partial charge is 0.381 e. The molecule has 2 aromatic rings. The number of rotatable bonds is 12. The molecule has 0 atom stereocenters. The molecule has 1 fully saturated rings. The van der Waals surface area contributed by atoms with Crippen molar-refractivity contribution in [3.05, 3.63) is 54.6 Å². The van der Waals surface area contributed by atoms with E-state index in [1.165, 1.54) is 25.7 Å². The molecule has 32 heavy (non-hydrogen) atoms. The van der Waals surface area contributed by atoms with E-state index in [0.717, 1.165) is 68.9 Å². The van der Waals surface area contributed by atoms with Crippen molar-refractivity contribution < 1.29 is 9.53 Å². The van der Waals surface area contributed by atoms with Crippen molar-refractivity contribution in [2.24, 2.45) is 0 Å². The maximum absolute atomic E-state index is 12.6. The van der Waals surface area contributed by atoms with Crippen molar-refractivity contribution in [3.63, 3.8) is 0 Å². The van der Waals surface area contributed by atoms with E-state index in [0.29, 0.717) is 0 Å². The number of likely N-dealkylation sites (tertiary alicyclic amines) is 1. The van der Waals surface area contributed by atoms with Crippen LogP contribution in [0.15, 0.2) is 54.6 Å². The molecule has 2 aromatic carbocycles. The van der Waals surface area contributed by atoms with Crippen LogP contribution in [0, 0.1) is 0 Å². The zero-order chi connectivity index (χ0) is 22.4. The Morgan fingerprint density at radius 1 is 0.938 bits per heavy atom. The predicted octanol–water partition coefficient (Wildman–Crippen LogP) is 5.93. The first-order valence-electron chi connectivity index (χ1n) is 12.3. The van der Waals surface area contributed by atoms with E-state index in [4.69, 9.17) is 4.74 Å². The molecule has 5 nitrogen and oxygen atoms in total. The van der Waals surface area contributed by atoms with Crippen molar-refractivity contribution in [2.45, 2.75) is 57.9 Å². The Bertz CT molecular complexity index is 788. The number of para-hydroxylation sites is 1. The normalized spacial score (nSPS) is 14.9. The van der Waals surface area contributed by atoms with Crippen LogP contribution in [-0.4, -0.2) is 49.8 Å². The Morgan fingerprint density at radius 3 is 2.38 bits per heavy atom. The van der Waals surface area contributed by atoms with Gasteiger partial charge in [-0.3, -0.25) is 0 Å². The highest BCUT2D eigenvalue weighted by Gasteiger charge is 2.20. The summed E-state index contributed by atoms with van der Waals surface area (Å²) in [6, 6.07) is 18.2. The van der Waals surface area contributed by atoms with Crippen LogP contribution in [0.5, 0.6) is 0 Å². The molecule has 1 aliphatic heterocycles. The minimum absolute atomic E-state index is 0.118. The van der Waals surface area contributed by atoms with Gasteiger partial charge >= 0.3 is 6.03 Å². The summed E-state index contributed by atoms with van der Waals surface area (Å²) in [7, 11) is 0. The molecule has 5 heteroatoms. The molecule has 0 unspecified atom stereocenters. The van der Waals surface area contributed by atoms with Crippen molar-refractivity contribution >= 4 is 11.7 Å². The standard InChI is InChI=1S/C27H39N3O2/c1-2-3-10-21-32-22-11-9-18-30-19-16-24(17-20-30)28-27(31)29-26-15-8-7-14-25(26)23-12-5-4-6-13-23/h4-8,12-15,24H,2-3,9-11,16-22H2,1H3,(H2,28,29,31). The first kappa shape index (κ1) is 24.3. The minimum atomic E-state index is -0.118. The molecule has 1 heterocycles. The average Bonchev–Trinajstić information content (AvgIpc) is 2.83. The quantitative estimate of drug-likeness (QED) is 0.405. The number of urea groups is 1. The second kappa shape index (κ2) is 13.9. The summed E-state index contributed by atoms with van der Waals surface area (Å²) < 4.78 is 5.70. The van der Waals surface area contributed by atoms with Crippen LogP contribution in [-0.2, 0) is 4.74 Å².